The second-order valence-electron chi connectivity index (χ2n) is 5.56. The molecule has 1 aromatic carbocycles. The monoisotopic (exact) mass is 301 g/mol. The molecule has 0 saturated carbocycles. The molecule has 0 saturated heterocycles. The summed E-state index contributed by atoms with van der Waals surface area (Å²) in [5.74, 6) is 0.832. The molecule has 0 aliphatic carbocycles. The number of hydrogen-bond donors (Lipinski definition) is 1. The Labute approximate surface area is 125 Å². The molecule has 0 amide bonds. The van der Waals surface area contributed by atoms with Crippen molar-refractivity contribution in [3.8, 4) is 5.75 Å². The van der Waals surface area contributed by atoms with Crippen LogP contribution >= 0.6 is 23.2 Å². The summed E-state index contributed by atoms with van der Waals surface area (Å²) in [5.41, 5.74) is 3.71. The Morgan fingerprint density at radius 3 is 2.63 bits per heavy atom. The van der Waals surface area contributed by atoms with Crippen LogP contribution in [0.5, 0.6) is 5.75 Å². The van der Waals surface area contributed by atoms with Gasteiger partial charge in [-0.1, -0.05) is 40.9 Å². The second-order valence-corrected chi connectivity index (χ2v) is 6.26. The van der Waals surface area contributed by atoms with Gasteiger partial charge < -0.3 is 10.1 Å². The summed E-state index contributed by atoms with van der Waals surface area (Å²) < 4.78 is 5.69. The van der Waals surface area contributed by atoms with Crippen LogP contribution in [0.25, 0.3) is 0 Å². The zero-order valence-electron chi connectivity index (χ0n) is 11.9. The molecule has 2 nitrogen and oxygen atoms in total. The number of nitrogens with one attached hydrogen (secondary N) is 1. The number of ether oxygens (including phenoxy) is 1. The fourth-order valence-corrected chi connectivity index (χ4v) is 1.64. The van der Waals surface area contributed by atoms with Crippen molar-refractivity contribution in [3.05, 3.63) is 39.9 Å². The Balaban J connectivity index is 2.79. The van der Waals surface area contributed by atoms with E-state index in [0.29, 0.717) is 5.03 Å². The molecule has 0 atom stereocenters. The van der Waals surface area contributed by atoms with Gasteiger partial charge in [-0.25, -0.2) is 0 Å². The molecule has 0 spiro atoms. The van der Waals surface area contributed by atoms with Gasteiger partial charge in [-0.3, -0.25) is 0 Å². The Morgan fingerprint density at radius 1 is 1.37 bits per heavy atom. The van der Waals surface area contributed by atoms with E-state index in [0.717, 1.165) is 17.9 Å². The molecule has 19 heavy (non-hydrogen) atoms. The van der Waals surface area contributed by atoms with E-state index in [1.807, 2.05) is 12.1 Å². The number of hydrogen-bond acceptors (Lipinski definition) is 2. The van der Waals surface area contributed by atoms with E-state index in [1.165, 1.54) is 11.1 Å². The first-order chi connectivity index (χ1) is 8.81. The molecule has 106 valence electrons. The molecule has 0 unspecified atom stereocenters. The minimum Gasteiger partial charge on any atom is -0.488 e. The molecule has 0 fully saturated rings. The smallest absolute Gasteiger partial charge is 0.125 e. The number of halogens is 2. The molecule has 1 N–H and O–H groups in total. The summed E-state index contributed by atoms with van der Waals surface area (Å²) in [5, 5.41) is 3.94. The quantitative estimate of drug-likeness (QED) is 0.859. The van der Waals surface area contributed by atoms with Gasteiger partial charge in [0.15, 0.2) is 0 Å². The van der Waals surface area contributed by atoms with Gasteiger partial charge in [0.25, 0.3) is 0 Å². The maximum Gasteiger partial charge on any atom is 0.125 e. The molecule has 0 aromatic heterocycles. The average molecular weight is 302 g/mol. The molecular weight excluding hydrogens is 281 g/mol. The van der Waals surface area contributed by atoms with Gasteiger partial charge >= 0.3 is 0 Å². The van der Waals surface area contributed by atoms with E-state index in [4.69, 9.17) is 27.9 Å². The van der Waals surface area contributed by atoms with Crippen molar-refractivity contribution in [2.45, 2.75) is 39.8 Å². The lowest BCUT2D eigenvalue weighted by molar-refractivity contribution is 0.349. The SMILES string of the molecule is Cc1ccc(OCC(Cl)=CCl)c(CNC(C)(C)C)c1. The Morgan fingerprint density at radius 2 is 2.05 bits per heavy atom. The molecule has 0 heterocycles. The summed E-state index contributed by atoms with van der Waals surface area (Å²) in [7, 11) is 0. The predicted octanol–water partition coefficient (Wildman–Crippen LogP) is 4.58. The molecule has 0 aliphatic heterocycles. The van der Waals surface area contributed by atoms with Gasteiger partial charge in [-0.15, -0.1) is 0 Å². The third-order valence-electron chi connectivity index (χ3n) is 2.51. The Kier molecular flexibility index (Phi) is 6.18. The van der Waals surface area contributed by atoms with Gasteiger partial charge in [0, 0.05) is 23.2 Å². The number of benzene rings is 1. The lowest BCUT2D eigenvalue weighted by Gasteiger charge is -2.22. The molecule has 0 aliphatic rings. The maximum atomic E-state index is 5.84. The van der Waals surface area contributed by atoms with Crippen molar-refractivity contribution < 1.29 is 4.74 Å². The average Bonchev–Trinajstić information content (AvgIpc) is 2.33. The van der Waals surface area contributed by atoms with Crippen molar-refractivity contribution in [2.24, 2.45) is 0 Å². The lowest BCUT2D eigenvalue weighted by atomic mass is 10.1. The first-order valence-corrected chi connectivity index (χ1v) is 7.05. The van der Waals surface area contributed by atoms with E-state index < -0.39 is 0 Å². The van der Waals surface area contributed by atoms with Crippen molar-refractivity contribution in [1.29, 1.82) is 0 Å². The Bertz CT molecular complexity index is 450. The zero-order chi connectivity index (χ0) is 14.5. The summed E-state index contributed by atoms with van der Waals surface area (Å²) >= 11 is 11.4. The van der Waals surface area contributed by atoms with Crippen LogP contribution in [0, 0.1) is 6.92 Å². The van der Waals surface area contributed by atoms with Gasteiger partial charge in [-0.2, -0.15) is 0 Å². The predicted molar refractivity (Wildman–Crippen MR) is 83.1 cm³/mol. The van der Waals surface area contributed by atoms with Gasteiger partial charge in [0.05, 0.1) is 5.03 Å². The van der Waals surface area contributed by atoms with E-state index >= 15 is 0 Å². The van der Waals surface area contributed by atoms with Gasteiger partial charge in [0.2, 0.25) is 0 Å². The van der Waals surface area contributed by atoms with Crippen molar-refractivity contribution in [1.82, 2.24) is 5.32 Å². The largest absolute Gasteiger partial charge is 0.488 e. The minimum absolute atomic E-state index is 0.0642. The molecule has 1 aromatic rings. The highest BCUT2D eigenvalue weighted by molar-refractivity contribution is 6.36. The van der Waals surface area contributed by atoms with Crippen LogP contribution in [0.15, 0.2) is 28.8 Å². The van der Waals surface area contributed by atoms with Gasteiger partial charge in [0.1, 0.15) is 12.4 Å². The van der Waals surface area contributed by atoms with Crippen molar-refractivity contribution >= 4 is 23.2 Å². The van der Waals surface area contributed by atoms with Crippen LogP contribution in [-0.2, 0) is 6.54 Å². The topological polar surface area (TPSA) is 21.3 Å². The highest BCUT2D eigenvalue weighted by atomic mass is 35.5. The lowest BCUT2D eigenvalue weighted by Crippen LogP contribution is -2.35. The van der Waals surface area contributed by atoms with Crippen LogP contribution in [0.1, 0.15) is 31.9 Å². The third-order valence-corrected chi connectivity index (χ3v) is 3.10. The fraction of sp³-hybridized carbons (Fsp3) is 0.467. The van der Waals surface area contributed by atoms with Crippen LogP contribution in [0.2, 0.25) is 0 Å². The van der Waals surface area contributed by atoms with Crippen molar-refractivity contribution in [2.75, 3.05) is 6.61 Å². The minimum atomic E-state index is 0.0642. The Hall–Kier alpha value is -0.700. The van der Waals surface area contributed by atoms with Crippen LogP contribution in [0.4, 0.5) is 0 Å². The third kappa shape index (κ3) is 6.33. The molecule has 0 bridgehead atoms. The maximum absolute atomic E-state index is 5.84. The fourth-order valence-electron chi connectivity index (χ4n) is 1.53. The summed E-state index contributed by atoms with van der Waals surface area (Å²) in [6.07, 6.45) is 0. The summed E-state index contributed by atoms with van der Waals surface area (Å²) in [6, 6.07) is 6.11. The van der Waals surface area contributed by atoms with E-state index in [9.17, 15) is 0 Å². The van der Waals surface area contributed by atoms with E-state index in [-0.39, 0.29) is 12.1 Å². The van der Waals surface area contributed by atoms with Gasteiger partial charge in [-0.05, 0) is 33.8 Å². The van der Waals surface area contributed by atoms with Crippen LogP contribution in [-0.4, -0.2) is 12.1 Å². The van der Waals surface area contributed by atoms with Crippen molar-refractivity contribution in [3.63, 3.8) is 0 Å². The van der Waals surface area contributed by atoms with E-state index in [2.05, 4.69) is 39.1 Å². The second kappa shape index (κ2) is 7.18. The number of rotatable bonds is 5. The summed E-state index contributed by atoms with van der Waals surface area (Å²) in [4.78, 5) is 0. The normalized spacial score (nSPS) is 12.6. The first kappa shape index (κ1) is 16.4. The molecule has 1 rings (SSSR count). The number of aryl methyl sites for hydroxylation is 1. The first-order valence-electron chi connectivity index (χ1n) is 6.24. The highest BCUT2D eigenvalue weighted by Gasteiger charge is 2.11. The molecule has 4 heteroatoms. The molecular formula is C15H21Cl2NO. The molecule has 0 radical (unpaired) electrons. The zero-order valence-corrected chi connectivity index (χ0v) is 13.4. The van der Waals surface area contributed by atoms with Crippen LogP contribution < -0.4 is 10.1 Å². The van der Waals surface area contributed by atoms with Crippen LogP contribution in [0.3, 0.4) is 0 Å². The highest BCUT2D eigenvalue weighted by Crippen LogP contribution is 2.22. The summed E-state index contributed by atoms with van der Waals surface area (Å²) in [6.45, 7) is 9.51. The van der Waals surface area contributed by atoms with E-state index in [1.54, 1.807) is 0 Å². The standard InChI is InChI=1S/C15H21Cl2NO/c1-11-5-6-14(19-10-13(17)8-16)12(7-11)9-18-15(2,3)4/h5-8,18H,9-10H2,1-4H3.